The Hall–Kier alpha value is -0.160. The lowest BCUT2D eigenvalue weighted by molar-refractivity contribution is -0.0403. The number of hydrogen-bond donors (Lipinski definition) is 2. The highest BCUT2D eigenvalue weighted by Gasteiger charge is 2.39. The number of ether oxygens (including phenoxy) is 1. The second kappa shape index (κ2) is 5.08. The van der Waals surface area contributed by atoms with Crippen LogP contribution >= 0.6 is 0 Å². The lowest BCUT2D eigenvalue weighted by Gasteiger charge is -2.35. The summed E-state index contributed by atoms with van der Waals surface area (Å²) in [6.07, 6.45) is 7.92. The third kappa shape index (κ3) is 2.44. The van der Waals surface area contributed by atoms with Gasteiger partial charge >= 0.3 is 0 Å². The minimum Gasteiger partial charge on any atom is -0.394 e. The summed E-state index contributed by atoms with van der Waals surface area (Å²) in [4.78, 5) is 2.54. The van der Waals surface area contributed by atoms with Crippen LogP contribution in [-0.4, -0.2) is 54.0 Å². The Bertz CT molecular complexity index is 288. The van der Waals surface area contributed by atoms with Crippen LogP contribution in [0.1, 0.15) is 38.5 Å². The van der Waals surface area contributed by atoms with Crippen LogP contribution in [0.2, 0.25) is 0 Å². The molecule has 1 saturated carbocycles. The summed E-state index contributed by atoms with van der Waals surface area (Å²) in [6, 6.07) is 0. The molecule has 0 aromatic heterocycles. The van der Waals surface area contributed by atoms with Gasteiger partial charge in [-0.1, -0.05) is 6.42 Å². The van der Waals surface area contributed by atoms with Gasteiger partial charge in [-0.2, -0.15) is 0 Å². The number of fused-ring (bicyclic) bond motifs is 2. The Morgan fingerprint density at radius 1 is 1.22 bits per heavy atom. The van der Waals surface area contributed by atoms with Gasteiger partial charge in [0.2, 0.25) is 0 Å². The van der Waals surface area contributed by atoms with Crippen LogP contribution in [0, 0.1) is 5.92 Å². The first kappa shape index (κ1) is 12.9. The molecule has 2 heterocycles. The van der Waals surface area contributed by atoms with Crippen molar-refractivity contribution in [2.75, 3.05) is 26.2 Å². The maximum Gasteiger partial charge on any atom is 0.0707 e. The molecular formula is C14H26N2O2. The fraction of sp³-hybridized carbons (Fsp3) is 1.00. The molecule has 0 aromatic carbocycles. The summed E-state index contributed by atoms with van der Waals surface area (Å²) >= 11 is 0. The number of aliphatic hydroxyl groups excluding tert-OH is 1. The fourth-order valence-corrected chi connectivity index (χ4v) is 4.03. The van der Waals surface area contributed by atoms with E-state index in [2.05, 4.69) is 4.90 Å². The highest BCUT2D eigenvalue weighted by Crippen LogP contribution is 2.36. The molecule has 4 nitrogen and oxygen atoms in total. The third-order valence-corrected chi connectivity index (χ3v) is 5.22. The number of nitrogens with zero attached hydrogens (tertiary/aromatic N) is 1. The molecule has 4 atom stereocenters. The smallest absolute Gasteiger partial charge is 0.0707 e. The van der Waals surface area contributed by atoms with E-state index in [1.807, 2.05) is 0 Å². The monoisotopic (exact) mass is 254 g/mol. The van der Waals surface area contributed by atoms with Gasteiger partial charge in [0.25, 0.3) is 0 Å². The number of hydrogen-bond acceptors (Lipinski definition) is 4. The maximum absolute atomic E-state index is 9.47. The van der Waals surface area contributed by atoms with Crippen molar-refractivity contribution in [1.29, 1.82) is 0 Å². The zero-order chi connectivity index (χ0) is 12.6. The second-order valence-corrected chi connectivity index (χ2v) is 6.49. The van der Waals surface area contributed by atoms with E-state index in [1.165, 1.54) is 25.7 Å². The number of rotatable bonds is 4. The van der Waals surface area contributed by atoms with Crippen LogP contribution in [0.25, 0.3) is 0 Å². The molecule has 2 aliphatic heterocycles. The van der Waals surface area contributed by atoms with Crippen molar-refractivity contribution in [2.24, 2.45) is 11.7 Å². The largest absolute Gasteiger partial charge is 0.394 e. The Labute approximate surface area is 109 Å². The summed E-state index contributed by atoms with van der Waals surface area (Å²) in [5.74, 6) is 0.503. The molecule has 3 N–H and O–H groups in total. The molecular weight excluding hydrogens is 228 g/mol. The van der Waals surface area contributed by atoms with Gasteiger partial charge in [0.05, 0.1) is 18.8 Å². The molecule has 18 heavy (non-hydrogen) atoms. The molecule has 2 saturated heterocycles. The van der Waals surface area contributed by atoms with Crippen molar-refractivity contribution in [1.82, 2.24) is 4.90 Å². The average molecular weight is 254 g/mol. The molecule has 0 amide bonds. The first-order valence-corrected chi connectivity index (χ1v) is 7.47. The molecule has 104 valence electrons. The van der Waals surface area contributed by atoms with E-state index < -0.39 is 0 Å². The van der Waals surface area contributed by atoms with Gasteiger partial charge < -0.3 is 15.6 Å². The van der Waals surface area contributed by atoms with E-state index in [1.54, 1.807) is 0 Å². The van der Waals surface area contributed by atoms with Crippen molar-refractivity contribution in [3.05, 3.63) is 0 Å². The van der Waals surface area contributed by atoms with Gasteiger partial charge in [0.1, 0.15) is 0 Å². The van der Waals surface area contributed by atoms with E-state index >= 15 is 0 Å². The minimum absolute atomic E-state index is 0.145. The molecule has 4 unspecified atom stereocenters. The molecule has 0 spiro atoms. The quantitative estimate of drug-likeness (QED) is 0.776. The molecule has 2 bridgehead atoms. The van der Waals surface area contributed by atoms with Crippen LogP contribution in [0.15, 0.2) is 0 Å². The summed E-state index contributed by atoms with van der Waals surface area (Å²) in [7, 11) is 0. The molecule has 3 rings (SSSR count). The summed E-state index contributed by atoms with van der Waals surface area (Å²) in [6.45, 7) is 3.46. The van der Waals surface area contributed by atoms with Gasteiger partial charge in [-0.25, -0.2) is 0 Å². The molecule has 0 radical (unpaired) electrons. The standard InChI is InChI=1S/C14H26N2O2/c15-14(10-17)6-1-2-11(14)5-7-16-8-12-3-4-13(9-16)18-12/h11-13,17H,1-10,15H2. The summed E-state index contributed by atoms with van der Waals surface area (Å²) in [5.41, 5.74) is 5.99. The number of nitrogens with two attached hydrogens (primary N) is 1. The number of likely N-dealkylation sites (tertiary alicyclic amines) is 1. The van der Waals surface area contributed by atoms with Gasteiger partial charge in [-0.15, -0.1) is 0 Å². The zero-order valence-corrected chi connectivity index (χ0v) is 11.2. The van der Waals surface area contributed by atoms with Crippen molar-refractivity contribution in [3.63, 3.8) is 0 Å². The Balaban J connectivity index is 1.49. The Morgan fingerprint density at radius 3 is 2.61 bits per heavy atom. The minimum atomic E-state index is -0.300. The van der Waals surface area contributed by atoms with E-state index in [0.717, 1.165) is 32.5 Å². The molecule has 1 aliphatic carbocycles. The third-order valence-electron chi connectivity index (χ3n) is 5.22. The van der Waals surface area contributed by atoms with Crippen LogP contribution in [0.4, 0.5) is 0 Å². The molecule has 3 fully saturated rings. The fourth-order valence-electron chi connectivity index (χ4n) is 4.03. The second-order valence-electron chi connectivity index (χ2n) is 6.49. The lowest BCUT2D eigenvalue weighted by atomic mass is 9.86. The van der Waals surface area contributed by atoms with E-state index in [9.17, 15) is 5.11 Å². The van der Waals surface area contributed by atoms with Crippen molar-refractivity contribution < 1.29 is 9.84 Å². The van der Waals surface area contributed by atoms with Gasteiger partial charge in [0.15, 0.2) is 0 Å². The normalized spacial score (nSPS) is 44.7. The van der Waals surface area contributed by atoms with Crippen LogP contribution in [-0.2, 0) is 4.74 Å². The molecule has 3 aliphatic rings. The lowest BCUT2D eigenvalue weighted by Crippen LogP contribution is -2.49. The SMILES string of the molecule is NC1(CO)CCCC1CCN1CC2CCC(C1)O2. The predicted octanol–water partition coefficient (Wildman–Crippen LogP) is 0.730. The van der Waals surface area contributed by atoms with Gasteiger partial charge in [-0.3, -0.25) is 4.90 Å². The maximum atomic E-state index is 9.47. The zero-order valence-electron chi connectivity index (χ0n) is 11.2. The highest BCUT2D eigenvalue weighted by molar-refractivity contribution is 4.96. The van der Waals surface area contributed by atoms with E-state index in [4.69, 9.17) is 10.5 Å². The summed E-state index contributed by atoms with van der Waals surface area (Å²) < 4.78 is 5.86. The molecule has 4 heteroatoms. The predicted molar refractivity (Wildman–Crippen MR) is 70.3 cm³/mol. The van der Waals surface area contributed by atoms with Crippen LogP contribution < -0.4 is 5.73 Å². The van der Waals surface area contributed by atoms with Crippen molar-refractivity contribution >= 4 is 0 Å². The Morgan fingerprint density at radius 2 is 1.94 bits per heavy atom. The van der Waals surface area contributed by atoms with Gasteiger partial charge in [0, 0.05) is 18.6 Å². The first-order valence-electron chi connectivity index (χ1n) is 7.47. The van der Waals surface area contributed by atoms with Crippen molar-refractivity contribution in [3.8, 4) is 0 Å². The van der Waals surface area contributed by atoms with E-state index in [0.29, 0.717) is 18.1 Å². The topological polar surface area (TPSA) is 58.7 Å². The number of aliphatic hydroxyl groups is 1. The van der Waals surface area contributed by atoms with Crippen LogP contribution in [0.5, 0.6) is 0 Å². The van der Waals surface area contributed by atoms with E-state index in [-0.39, 0.29) is 12.1 Å². The average Bonchev–Trinajstić information content (AvgIpc) is 2.91. The van der Waals surface area contributed by atoms with Gasteiger partial charge in [-0.05, 0) is 44.6 Å². The van der Waals surface area contributed by atoms with Crippen LogP contribution in [0.3, 0.4) is 0 Å². The molecule has 0 aromatic rings. The summed E-state index contributed by atoms with van der Waals surface area (Å²) in [5, 5.41) is 9.47. The Kier molecular flexibility index (Phi) is 3.63. The number of morpholine rings is 1. The highest BCUT2D eigenvalue weighted by atomic mass is 16.5. The first-order chi connectivity index (χ1) is 8.69. The van der Waals surface area contributed by atoms with Crippen molar-refractivity contribution in [2.45, 2.75) is 56.3 Å².